The van der Waals surface area contributed by atoms with E-state index in [0.29, 0.717) is 0 Å². The second kappa shape index (κ2) is 22.6. The lowest BCUT2D eigenvalue weighted by Gasteiger charge is -2.00. The van der Waals surface area contributed by atoms with Gasteiger partial charge in [-0.1, -0.05) is 27.2 Å². The van der Waals surface area contributed by atoms with Crippen molar-refractivity contribution in [2.24, 2.45) is 0 Å². The normalized spacial score (nSPS) is 7.18. The van der Waals surface area contributed by atoms with Gasteiger partial charge in [0.1, 0.15) is 6.29 Å². The Morgan fingerprint density at radius 2 is 1.27 bits per heavy atom. The van der Waals surface area contributed by atoms with Gasteiger partial charge in [-0.05, 0) is 27.6 Å². The van der Waals surface area contributed by atoms with E-state index in [0.717, 1.165) is 12.8 Å². The van der Waals surface area contributed by atoms with Crippen molar-refractivity contribution >= 4 is 6.29 Å². The molecule has 0 fully saturated rings. The standard InChI is InChI=1S/C4H11N.C3H8.C2H4O/c1-4-5(2)3;1-3-2;1-2-3/h4H2,1-3H3;3H2,1-2H3;2H,1H3. The van der Waals surface area contributed by atoms with E-state index in [1.54, 1.807) is 0 Å². The molecule has 0 aliphatic heterocycles. The lowest BCUT2D eigenvalue weighted by atomic mass is 10.6. The molecular weight excluding hydrogens is 138 g/mol. The molecule has 0 aromatic carbocycles. The number of carbonyl (C=O) groups excluding carboxylic acids is 1. The summed E-state index contributed by atoms with van der Waals surface area (Å²) in [6.45, 7) is 8.96. The third kappa shape index (κ3) is 211. The summed E-state index contributed by atoms with van der Waals surface area (Å²) in [7, 11) is 4.11. The summed E-state index contributed by atoms with van der Waals surface area (Å²) in [6, 6.07) is 0. The maximum absolute atomic E-state index is 8.81. The quantitative estimate of drug-likeness (QED) is 0.549. The minimum absolute atomic E-state index is 0.750. The Morgan fingerprint density at radius 1 is 1.18 bits per heavy atom. The number of rotatable bonds is 1. The van der Waals surface area contributed by atoms with Crippen LogP contribution in [0.15, 0.2) is 0 Å². The van der Waals surface area contributed by atoms with Crippen molar-refractivity contribution in [1.29, 1.82) is 0 Å². The van der Waals surface area contributed by atoms with Gasteiger partial charge < -0.3 is 9.69 Å². The minimum atomic E-state index is 0.750. The molecule has 0 aromatic heterocycles. The highest BCUT2D eigenvalue weighted by molar-refractivity contribution is 5.44. The van der Waals surface area contributed by atoms with E-state index in [-0.39, 0.29) is 0 Å². The highest BCUT2D eigenvalue weighted by Gasteiger charge is 1.72. The van der Waals surface area contributed by atoms with Crippen molar-refractivity contribution < 1.29 is 4.79 Å². The van der Waals surface area contributed by atoms with Gasteiger partial charge in [-0.3, -0.25) is 0 Å². The van der Waals surface area contributed by atoms with Crippen LogP contribution in [0.2, 0.25) is 0 Å². The van der Waals surface area contributed by atoms with Gasteiger partial charge in [-0.15, -0.1) is 0 Å². The molecule has 0 aliphatic rings. The average molecular weight is 161 g/mol. The van der Waals surface area contributed by atoms with E-state index >= 15 is 0 Å². The highest BCUT2D eigenvalue weighted by atomic mass is 16.1. The zero-order chi connectivity index (χ0) is 9.70. The van der Waals surface area contributed by atoms with Crippen molar-refractivity contribution in [1.82, 2.24) is 4.90 Å². The maximum Gasteiger partial charge on any atom is 0.116 e. The Bertz CT molecular complexity index is 53.5. The molecule has 2 heteroatoms. The smallest absolute Gasteiger partial charge is 0.116 e. The van der Waals surface area contributed by atoms with E-state index in [1.165, 1.54) is 13.3 Å². The molecule has 0 saturated carbocycles. The Labute approximate surface area is 71.6 Å². The van der Waals surface area contributed by atoms with Gasteiger partial charge in [0, 0.05) is 0 Å². The van der Waals surface area contributed by atoms with Crippen molar-refractivity contribution in [3.8, 4) is 0 Å². The summed E-state index contributed by atoms with van der Waals surface area (Å²) in [5, 5.41) is 0. The summed E-state index contributed by atoms with van der Waals surface area (Å²) in [6.07, 6.45) is 2.00. The van der Waals surface area contributed by atoms with E-state index in [1.807, 2.05) is 0 Å². The topological polar surface area (TPSA) is 20.3 Å². The molecular formula is C9H23NO. The minimum Gasteiger partial charge on any atom is -0.310 e. The highest BCUT2D eigenvalue weighted by Crippen LogP contribution is 1.63. The fourth-order valence-electron chi connectivity index (χ4n) is 0. The van der Waals surface area contributed by atoms with Crippen LogP contribution in [0.3, 0.4) is 0 Å². The molecule has 70 valence electrons. The van der Waals surface area contributed by atoms with Crippen molar-refractivity contribution in [3.63, 3.8) is 0 Å². The third-order valence-electron chi connectivity index (χ3n) is 0.632. The van der Waals surface area contributed by atoms with Crippen LogP contribution in [0.5, 0.6) is 0 Å². The molecule has 0 saturated heterocycles. The first-order chi connectivity index (χ1) is 5.10. The molecule has 11 heavy (non-hydrogen) atoms. The van der Waals surface area contributed by atoms with E-state index in [4.69, 9.17) is 4.79 Å². The maximum atomic E-state index is 8.81. The van der Waals surface area contributed by atoms with Gasteiger partial charge in [0.15, 0.2) is 0 Å². The third-order valence-corrected chi connectivity index (χ3v) is 0.632. The van der Waals surface area contributed by atoms with Crippen LogP contribution in [0.4, 0.5) is 0 Å². The van der Waals surface area contributed by atoms with Crippen molar-refractivity contribution in [3.05, 3.63) is 0 Å². The van der Waals surface area contributed by atoms with E-state index < -0.39 is 0 Å². The second-order valence-corrected chi connectivity index (χ2v) is 2.34. The van der Waals surface area contributed by atoms with Crippen LogP contribution in [0.1, 0.15) is 34.1 Å². The van der Waals surface area contributed by atoms with Crippen LogP contribution in [0, 0.1) is 0 Å². The van der Waals surface area contributed by atoms with Gasteiger partial charge >= 0.3 is 0 Å². The largest absolute Gasteiger partial charge is 0.310 e. The monoisotopic (exact) mass is 161 g/mol. The molecule has 0 N–H and O–H groups in total. The molecule has 0 unspecified atom stereocenters. The van der Waals surface area contributed by atoms with Gasteiger partial charge in [0.05, 0.1) is 0 Å². The molecule has 0 amide bonds. The lowest BCUT2D eigenvalue weighted by Crippen LogP contribution is -2.08. The van der Waals surface area contributed by atoms with Crippen LogP contribution in [-0.2, 0) is 4.79 Å². The van der Waals surface area contributed by atoms with Gasteiger partial charge in [-0.2, -0.15) is 0 Å². The molecule has 0 bridgehead atoms. The molecule has 0 aliphatic carbocycles. The lowest BCUT2D eigenvalue weighted by molar-refractivity contribution is -0.106. The van der Waals surface area contributed by atoms with Crippen molar-refractivity contribution in [2.75, 3.05) is 20.6 Å². The average Bonchev–Trinajstić information content (AvgIpc) is 1.91. The van der Waals surface area contributed by atoms with Crippen molar-refractivity contribution in [2.45, 2.75) is 34.1 Å². The fourth-order valence-corrected chi connectivity index (χ4v) is 0. The first-order valence-corrected chi connectivity index (χ1v) is 4.15. The summed E-state index contributed by atoms with van der Waals surface area (Å²) in [4.78, 5) is 10.9. The zero-order valence-corrected chi connectivity index (χ0v) is 8.85. The molecule has 0 heterocycles. The summed E-state index contributed by atoms with van der Waals surface area (Å²) < 4.78 is 0. The van der Waals surface area contributed by atoms with E-state index in [2.05, 4.69) is 39.8 Å². The van der Waals surface area contributed by atoms with Gasteiger partial charge in [0.25, 0.3) is 0 Å². The number of carbonyl (C=O) groups is 1. The summed E-state index contributed by atoms with van der Waals surface area (Å²) in [5.74, 6) is 0. The molecule has 0 atom stereocenters. The molecule has 2 nitrogen and oxygen atoms in total. The van der Waals surface area contributed by atoms with Crippen LogP contribution < -0.4 is 0 Å². The predicted octanol–water partition coefficient (Wildman–Crippen LogP) is 2.19. The Morgan fingerprint density at radius 3 is 1.27 bits per heavy atom. The molecule has 0 radical (unpaired) electrons. The zero-order valence-electron chi connectivity index (χ0n) is 8.85. The van der Waals surface area contributed by atoms with Gasteiger partial charge in [0.2, 0.25) is 0 Å². The first-order valence-electron chi connectivity index (χ1n) is 4.15. The Balaban J connectivity index is -0.0000000933. The van der Waals surface area contributed by atoms with Crippen LogP contribution in [0.25, 0.3) is 0 Å². The molecule has 0 aromatic rings. The number of aldehydes is 1. The summed E-state index contributed by atoms with van der Waals surface area (Å²) in [5.41, 5.74) is 0. The van der Waals surface area contributed by atoms with Gasteiger partial charge in [-0.25, -0.2) is 0 Å². The Kier molecular flexibility index (Phi) is 34.8. The first kappa shape index (κ1) is 16.9. The molecule has 0 rings (SSSR count). The van der Waals surface area contributed by atoms with Crippen LogP contribution >= 0.6 is 0 Å². The predicted molar refractivity (Wildman–Crippen MR) is 51.9 cm³/mol. The summed E-state index contributed by atoms with van der Waals surface area (Å²) >= 11 is 0. The Hall–Kier alpha value is -0.370. The van der Waals surface area contributed by atoms with Crippen LogP contribution in [-0.4, -0.2) is 31.8 Å². The second-order valence-electron chi connectivity index (χ2n) is 2.34. The SMILES string of the molecule is CC=O.CCC.CCN(C)C. The number of hydrogen-bond donors (Lipinski definition) is 0. The fraction of sp³-hybridized carbons (Fsp3) is 0.889. The molecule has 0 spiro atoms. The number of nitrogens with zero attached hydrogens (tertiary/aromatic N) is 1. The number of hydrogen-bond acceptors (Lipinski definition) is 2. The van der Waals surface area contributed by atoms with E-state index in [9.17, 15) is 0 Å².